The van der Waals surface area contributed by atoms with E-state index in [9.17, 15) is 4.39 Å². The maximum absolute atomic E-state index is 15.2. The Kier molecular flexibility index (Phi) is 14.2. The van der Waals surface area contributed by atoms with Crippen molar-refractivity contribution < 1.29 is 8.78 Å². The van der Waals surface area contributed by atoms with E-state index in [0.29, 0.717) is 63.1 Å². The summed E-state index contributed by atoms with van der Waals surface area (Å²) < 4.78 is 31.9. The van der Waals surface area contributed by atoms with Gasteiger partial charge in [-0.1, -0.05) is 0 Å². The maximum atomic E-state index is 15.2. The molecule has 0 unspecified atom stereocenters. The van der Waals surface area contributed by atoms with Gasteiger partial charge < -0.3 is 32.3 Å². The van der Waals surface area contributed by atoms with Gasteiger partial charge in [-0.3, -0.25) is 0 Å². The van der Waals surface area contributed by atoms with Crippen LogP contribution < -0.4 is 32.3 Å². The number of benzene rings is 2. The molecule has 0 bridgehead atoms. The molecule has 2 aliphatic carbocycles. The highest BCUT2D eigenvalue weighted by Gasteiger charge is 2.39. The molecule has 71 heavy (non-hydrogen) atoms. The monoisotopic (exact) mass is 988 g/mol. The minimum atomic E-state index is -0.326. The molecule has 6 aromatic rings. The minimum Gasteiger partial charge on any atom is -0.399 e. The van der Waals surface area contributed by atoms with Crippen molar-refractivity contribution in [2.45, 2.75) is 153 Å². The molecule has 10 rings (SSSR count). The number of anilines is 5. The summed E-state index contributed by atoms with van der Waals surface area (Å²) >= 11 is 5.83. The molecule has 2 aliphatic heterocycles. The normalized spacial score (nSPS) is 18.9. The van der Waals surface area contributed by atoms with Crippen LogP contribution in [0.2, 0.25) is 5.28 Å². The molecule has 0 atom stereocenters. The number of aromatic nitrogens is 12. The molecular weight excluding hydrogens is 930 g/mol. The molecule has 4 fully saturated rings. The van der Waals surface area contributed by atoms with Gasteiger partial charge in [0.2, 0.25) is 22.6 Å². The lowest BCUT2D eigenvalue weighted by Gasteiger charge is -2.46. The van der Waals surface area contributed by atoms with Gasteiger partial charge in [0.05, 0.1) is 13.1 Å². The second-order valence-electron chi connectivity index (χ2n) is 21.3. The Morgan fingerprint density at radius 2 is 1.11 bits per heavy atom. The molecule has 2 saturated carbocycles. The molecule has 2 saturated heterocycles. The number of rotatable bonds is 10. The summed E-state index contributed by atoms with van der Waals surface area (Å²) in [4.78, 5) is 24.0. The van der Waals surface area contributed by atoms with Gasteiger partial charge >= 0.3 is 0 Å². The number of nitrogen functional groups attached to an aromatic ring is 1. The fraction of sp³-hybridized carbons (Fsp3) is 0.500. The number of hydrogen-bond donors (Lipinski definition) is 6. The first-order valence-electron chi connectivity index (χ1n) is 23.5. The van der Waals surface area contributed by atoms with Crippen molar-refractivity contribution in [1.82, 2.24) is 71.0 Å². The van der Waals surface area contributed by atoms with Gasteiger partial charge in [0.25, 0.3) is 0 Å². The zero-order valence-corrected chi connectivity index (χ0v) is 41.8. The van der Waals surface area contributed by atoms with E-state index in [2.05, 4.69) is 143 Å². The van der Waals surface area contributed by atoms with Crippen LogP contribution in [0.5, 0.6) is 0 Å². The van der Waals surface area contributed by atoms with Crippen molar-refractivity contribution >= 4 is 51.9 Å². The van der Waals surface area contributed by atoms with Crippen molar-refractivity contribution in [3.63, 3.8) is 0 Å². The summed E-state index contributed by atoms with van der Waals surface area (Å²) in [7, 11) is 0. The third kappa shape index (κ3) is 12.9. The molecule has 0 radical (unpaired) electrons. The summed E-state index contributed by atoms with van der Waals surface area (Å²) in [5.74, 6) is 1.22. The molecule has 23 heteroatoms. The van der Waals surface area contributed by atoms with Gasteiger partial charge in [0.15, 0.2) is 11.6 Å². The van der Waals surface area contributed by atoms with E-state index in [4.69, 9.17) is 30.5 Å². The average molecular weight is 990 g/mol. The van der Waals surface area contributed by atoms with Gasteiger partial charge in [-0.25, -0.2) is 38.4 Å². The van der Waals surface area contributed by atoms with E-state index in [1.165, 1.54) is 40.5 Å². The fourth-order valence-corrected chi connectivity index (χ4v) is 10.3. The number of nitrogens with two attached hydrogens (primary N) is 1. The van der Waals surface area contributed by atoms with Crippen molar-refractivity contribution in [2.24, 2.45) is 0 Å². The summed E-state index contributed by atoms with van der Waals surface area (Å²) in [6.45, 7) is 32.2. The molecule has 0 amide bonds. The van der Waals surface area contributed by atoms with E-state index in [0.717, 1.165) is 51.4 Å². The van der Waals surface area contributed by atoms with Crippen LogP contribution in [0, 0.1) is 24.8 Å². The van der Waals surface area contributed by atoms with E-state index in [1.54, 1.807) is 18.2 Å². The van der Waals surface area contributed by atoms with Crippen LogP contribution in [-0.2, 0) is 0 Å². The highest BCUT2D eigenvalue weighted by Crippen LogP contribution is 2.45. The van der Waals surface area contributed by atoms with E-state index < -0.39 is 0 Å². The SMILES string of the molecule is Nc1cc(C2CC2)c(F)c(-n2cnnn2)c1.[C-]#[N+]c1cnc(Cl)nc1NC1CC(C)(C)NC(C)(C)C1.[C-]#[N+]c1cnc(Nc2cc(C3CC3)c(F)c(-n3cnnn3)c2)nc1NC1CC(C)(C)NC(C)(C)C1. The molecular formula is C48H59ClF2N20. The molecule has 4 aliphatic rings. The van der Waals surface area contributed by atoms with Gasteiger partial charge in [0, 0.05) is 58.0 Å². The Morgan fingerprint density at radius 1 is 0.662 bits per heavy atom. The highest BCUT2D eigenvalue weighted by atomic mass is 35.5. The molecule has 7 N–H and O–H groups in total. The fourth-order valence-electron chi connectivity index (χ4n) is 10.1. The van der Waals surface area contributed by atoms with Crippen LogP contribution >= 0.6 is 11.6 Å². The topological polar surface area (TPSA) is 234 Å². The second-order valence-corrected chi connectivity index (χ2v) is 21.7. The Labute approximate surface area is 416 Å². The molecule has 0 spiro atoms. The highest BCUT2D eigenvalue weighted by molar-refractivity contribution is 6.28. The number of nitrogens with one attached hydrogen (secondary N) is 5. The Balaban J connectivity index is 0.000000158. The van der Waals surface area contributed by atoms with Crippen LogP contribution in [0.1, 0.15) is 130 Å². The molecule has 20 nitrogen and oxygen atoms in total. The first-order chi connectivity index (χ1) is 33.6. The predicted molar refractivity (Wildman–Crippen MR) is 267 cm³/mol. The average Bonchev–Trinajstić information content (AvgIpc) is 4.18. The summed E-state index contributed by atoms with van der Waals surface area (Å²) in [5, 5.41) is 39.2. The summed E-state index contributed by atoms with van der Waals surface area (Å²) in [6, 6.07) is 7.04. The Morgan fingerprint density at radius 3 is 1.56 bits per heavy atom. The first kappa shape index (κ1) is 50.4. The number of hydrogen-bond acceptors (Lipinski definition) is 16. The molecule has 2 aromatic carbocycles. The predicted octanol–water partition coefficient (Wildman–Crippen LogP) is 9.15. The Bertz CT molecular complexity index is 2900. The van der Waals surface area contributed by atoms with Gasteiger partial charge in [-0.2, -0.15) is 9.36 Å². The van der Waals surface area contributed by atoms with E-state index in [1.807, 2.05) is 0 Å². The lowest BCUT2D eigenvalue weighted by Crippen LogP contribution is -2.60. The zero-order valence-electron chi connectivity index (χ0n) is 41.1. The number of piperidine rings is 2. The van der Waals surface area contributed by atoms with Crippen LogP contribution in [0.4, 0.5) is 49.1 Å². The second kappa shape index (κ2) is 20.0. The van der Waals surface area contributed by atoms with Crippen molar-refractivity contribution in [2.75, 3.05) is 21.7 Å². The van der Waals surface area contributed by atoms with E-state index in [-0.39, 0.29) is 62.8 Å². The minimum absolute atomic E-state index is 0.0362. The molecule has 372 valence electrons. The number of tetrazole rings is 2. The van der Waals surface area contributed by atoms with Crippen LogP contribution in [0.15, 0.2) is 49.3 Å². The summed E-state index contributed by atoms with van der Waals surface area (Å²) in [5.41, 5.74) is 9.52. The standard InChI is InChI=1S/C24H29FN10.C14H20ClN5.C10H10FN5/c1-23(2)10-16(11-24(3,4)32-23)29-21-18(26-5)12-27-22(31-21)30-15-8-17(14-6-7-14)20(25)19(9-15)35-13-28-33-34-35;1-13(2)6-9(7-14(3,4)20-13)18-11-10(16-5)8-17-12(15)19-11;11-10-8(6-1-2-6)3-7(12)4-9(10)16-5-13-14-15-16/h8-9,12-14,16,32H,6-7,10-11H2,1-4H3,(H2,27,29,30,31);8-9,20H,6-7H2,1-4H3,(H,17,18,19);3-6H,1-2,12H2. The third-order valence-electron chi connectivity index (χ3n) is 12.5. The van der Waals surface area contributed by atoms with Gasteiger partial charge in [0.1, 0.15) is 35.7 Å². The number of halogens is 3. The van der Waals surface area contributed by atoms with Crippen molar-refractivity contribution in [1.29, 1.82) is 0 Å². The lowest BCUT2D eigenvalue weighted by molar-refractivity contribution is 0.170. The zero-order chi connectivity index (χ0) is 50.9. The largest absolute Gasteiger partial charge is 0.399 e. The first-order valence-corrected chi connectivity index (χ1v) is 23.9. The molecule has 4 aromatic heterocycles. The number of nitrogens with zero attached hydrogens (tertiary/aromatic N) is 14. The Hall–Kier alpha value is -7.01. The smallest absolute Gasteiger partial charge is 0.246 e. The van der Waals surface area contributed by atoms with Gasteiger partial charge in [-0.15, -0.1) is 10.2 Å². The molecule has 6 heterocycles. The van der Waals surface area contributed by atoms with Crippen LogP contribution in [0.25, 0.3) is 21.1 Å². The quantitative estimate of drug-likeness (QED) is 0.0427. The third-order valence-corrected chi connectivity index (χ3v) is 12.7. The maximum Gasteiger partial charge on any atom is 0.246 e. The summed E-state index contributed by atoms with van der Waals surface area (Å²) in [6.07, 6.45) is 13.3. The van der Waals surface area contributed by atoms with Crippen LogP contribution in [0.3, 0.4) is 0 Å². The van der Waals surface area contributed by atoms with Crippen molar-refractivity contribution in [3.05, 3.63) is 100 Å². The lowest BCUT2D eigenvalue weighted by atomic mass is 9.79. The van der Waals surface area contributed by atoms with E-state index >= 15 is 4.39 Å². The van der Waals surface area contributed by atoms with Crippen LogP contribution in [-0.4, -0.2) is 94.6 Å². The van der Waals surface area contributed by atoms with Gasteiger partial charge in [-0.05, 0) is 186 Å². The van der Waals surface area contributed by atoms with Crippen molar-refractivity contribution in [3.8, 4) is 11.4 Å².